The monoisotopic (exact) mass is 378 g/mol. The van der Waals surface area contributed by atoms with Crippen molar-refractivity contribution in [2.75, 3.05) is 13.2 Å². The Labute approximate surface area is 139 Å². The second-order valence-corrected chi connectivity index (χ2v) is 6.71. The lowest BCUT2D eigenvalue weighted by Gasteiger charge is -2.27. The SMILES string of the molecule is CCOC(=O)c1cc(=O)[nH]c(=O)n1[C@@H]1O[C@@H]2COP(=O)(O)O[C@H]2[C@H]1O. The number of aromatic nitrogens is 2. The molecule has 1 aromatic heterocycles. The zero-order valence-electron chi connectivity index (χ0n) is 12.9. The predicted molar refractivity (Wildman–Crippen MR) is 77.8 cm³/mol. The Morgan fingerprint density at radius 2 is 2.24 bits per heavy atom. The Morgan fingerprint density at radius 1 is 1.52 bits per heavy atom. The number of carbonyl (C=O) groups excluding carboxylic acids is 1. The van der Waals surface area contributed by atoms with Crippen molar-refractivity contribution in [2.45, 2.75) is 31.5 Å². The quantitative estimate of drug-likeness (QED) is 0.415. The molecule has 138 valence electrons. The molecule has 0 bridgehead atoms. The van der Waals surface area contributed by atoms with Crippen LogP contribution in [0, 0.1) is 0 Å². The Balaban J connectivity index is 2.02. The molecule has 2 aliphatic rings. The van der Waals surface area contributed by atoms with Crippen molar-refractivity contribution in [2.24, 2.45) is 0 Å². The average molecular weight is 378 g/mol. The van der Waals surface area contributed by atoms with Crippen molar-refractivity contribution in [1.29, 1.82) is 0 Å². The van der Waals surface area contributed by atoms with Crippen LogP contribution in [0.3, 0.4) is 0 Å². The first-order valence-electron chi connectivity index (χ1n) is 7.25. The summed E-state index contributed by atoms with van der Waals surface area (Å²) in [5.74, 6) is -0.971. The van der Waals surface area contributed by atoms with E-state index in [1.807, 2.05) is 4.98 Å². The summed E-state index contributed by atoms with van der Waals surface area (Å²) in [6, 6.07) is 0.825. The molecule has 0 aliphatic carbocycles. The van der Waals surface area contributed by atoms with Gasteiger partial charge in [0.15, 0.2) is 6.23 Å². The van der Waals surface area contributed by atoms with Crippen molar-refractivity contribution < 1.29 is 37.9 Å². The first-order valence-corrected chi connectivity index (χ1v) is 8.75. The third-order valence-electron chi connectivity index (χ3n) is 3.68. The van der Waals surface area contributed by atoms with Gasteiger partial charge in [-0.25, -0.2) is 14.2 Å². The van der Waals surface area contributed by atoms with Gasteiger partial charge in [-0.3, -0.25) is 23.4 Å². The first-order chi connectivity index (χ1) is 11.7. The second-order valence-electron chi connectivity index (χ2n) is 5.30. The van der Waals surface area contributed by atoms with Crippen LogP contribution in [0.1, 0.15) is 23.6 Å². The summed E-state index contributed by atoms with van der Waals surface area (Å²) in [5.41, 5.74) is -2.30. The average Bonchev–Trinajstić information content (AvgIpc) is 2.82. The van der Waals surface area contributed by atoms with Crippen LogP contribution in [0.5, 0.6) is 0 Å². The number of H-pyrrole nitrogens is 1. The summed E-state index contributed by atoms with van der Waals surface area (Å²) in [6.07, 6.45) is -5.25. The molecule has 0 aromatic carbocycles. The number of hydrogen-bond donors (Lipinski definition) is 3. The lowest BCUT2D eigenvalue weighted by atomic mass is 10.1. The molecular formula is C12H15N2O10P. The molecule has 3 N–H and O–H groups in total. The number of aliphatic hydroxyl groups is 1. The number of nitrogens with one attached hydrogen (secondary N) is 1. The van der Waals surface area contributed by atoms with E-state index in [2.05, 4.69) is 4.52 Å². The van der Waals surface area contributed by atoms with E-state index in [1.165, 1.54) is 6.92 Å². The maximum absolute atomic E-state index is 12.2. The summed E-state index contributed by atoms with van der Waals surface area (Å²) in [6.45, 7) is 1.16. The van der Waals surface area contributed by atoms with Gasteiger partial charge in [-0.05, 0) is 6.92 Å². The number of nitrogens with zero attached hydrogens (tertiary/aromatic N) is 1. The third kappa shape index (κ3) is 3.32. The van der Waals surface area contributed by atoms with Crippen LogP contribution in [0.15, 0.2) is 15.7 Å². The highest BCUT2D eigenvalue weighted by Gasteiger charge is 2.53. The van der Waals surface area contributed by atoms with Gasteiger partial charge in [-0.15, -0.1) is 0 Å². The Bertz CT molecular complexity index is 847. The van der Waals surface area contributed by atoms with E-state index in [0.717, 1.165) is 6.07 Å². The topological polar surface area (TPSA) is 166 Å². The van der Waals surface area contributed by atoms with Gasteiger partial charge < -0.3 is 19.5 Å². The minimum atomic E-state index is -4.35. The summed E-state index contributed by atoms with van der Waals surface area (Å²) in [7, 11) is -4.35. The zero-order valence-corrected chi connectivity index (χ0v) is 13.8. The van der Waals surface area contributed by atoms with Crippen molar-refractivity contribution in [1.82, 2.24) is 9.55 Å². The van der Waals surface area contributed by atoms with E-state index in [-0.39, 0.29) is 13.2 Å². The molecule has 2 aliphatic heterocycles. The van der Waals surface area contributed by atoms with Gasteiger partial charge in [-0.2, -0.15) is 0 Å². The molecule has 3 rings (SSSR count). The van der Waals surface area contributed by atoms with E-state index in [4.69, 9.17) is 14.0 Å². The number of phosphoric ester groups is 1. The van der Waals surface area contributed by atoms with Crippen molar-refractivity contribution in [3.05, 3.63) is 32.6 Å². The zero-order chi connectivity index (χ0) is 18.4. The molecule has 2 fully saturated rings. The maximum Gasteiger partial charge on any atom is 0.472 e. The Morgan fingerprint density at radius 3 is 2.92 bits per heavy atom. The van der Waals surface area contributed by atoms with E-state index in [1.54, 1.807) is 0 Å². The second kappa shape index (κ2) is 6.48. The summed E-state index contributed by atoms with van der Waals surface area (Å²) < 4.78 is 31.8. The fraction of sp³-hybridized carbons (Fsp3) is 0.583. The highest BCUT2D eigenvalue weighted by Crippen LogP contribution is 2.52. The molecule has 1 unspecified atom stereocenters. The molecule has 1 aromatic rings. The van der Waals surface area contributed by atoms with Crippen molar-refractivity contribution in [3.63, 3.8) is 0 Å². The maximum atomic E-state index is 12.2. The molecule has 0 radical (unpaired) electrons. The number of hydrogen-bond acceptors (Lipinski definition) is 9. The van der Waals surface area contributed by atoms with Crippen LogP contribution in [-0.2, 0) is 23.1 Å². The van der Waals surface area contributed by atoms with Gasteiger partial charge >= 0.3 is 19.5 Å². The number of carbonyl (C=O) groups is 1. The third-order valence-corrected chi connectivity index (χ3v) is 4.67. The molecule has 2 saturated heterocycles. The summed E-state index contributed by atoms with van der Waals surface area (Å²) >= 11 is 0. The Hall–Kier alpha value is -1.82. The smallest absolute Gasteiger partial charge is 0.461 e. The van der Waals surface area contributed by atoms with E-state index < -0.39 is 55.3 Å². The number of ether oxygens (including phenoxy) is 2. The van der Waals surface area contributed by atoms with Gasteiger partial charge in [0.2, 0.25) is 0 Å². The van der Waals surface area contributed by atoms with E-state index >= 15 is 0 Å². The van der Waals surface area contributed by atoms with Crippen molar-refractivity contribution >= 4 is 13.8 Å². The molecule has 5 atom stereocenters. The highest BCUT2D eigenvalue weighted by atomic mass is 31.2. The van der Waals surface area contributed by atoms with Gasteiger partial charge in [0, 0.05) is 6.07 Å². The standard InChI is InChI=1S/C12H15N2O10P/c1-2-21-11(17)5-3-7(15)13-12(18)14(5)10-8(16)9-6(23-10)4-22-25(19,20)24-9/h3,6,8-10,16H,2,4H2,1H3,(H,19,20)(H,13,15,18)/t6-,8-,9-,10-/m1/s1. The van der Waals surface area contributed by atoms with Crippen LogP contribution >= 0.6 is 7.82 Å². The number of fused-ring (bicyclic) bond motifs is 1. The van der Waals surface area contributed by atoms with Gasteiger partial charge in [0.05, 0.1) is 13.2 Å². The van der Waals surface area contributed by atoms with Gasteiger partial charge in [-0.1, -0.05) is 0 Å². The molecule has 0 saturated carbocycles. The normalized spacial score (nSPS) is 34.5. The van der Waals surface area contributed by atoms with Gasteiger partial charge in [0.25, 0.3) is 5.56 Å². The summed E-state index contributed by atoms with van der Waals surface area (Å²) in [5, 5.41) is 10.4. The van der Waals surface area contributed by atoms with Crippen LogP contribution in [0.4, 0.5) is 0 Å². The summed E-state index contributed by atoms with van der Waals surface area (Å²) in [4.78, 5) is 47.0. The Kier molecular flexibility index (Phi) is 4.66. The van der Waals surface area contributed by atoms with E-state index in [9.17, 15) is 28.9 Å². The molecular weight excluding hydrogens is 363 g/mol. The number of rotatable bonds is 3. The van der Waals surface area contributed by atoms with Crippen molar-refractivity contribution in [3.8, 4) is 0 Å². The van der Waals surface area contributed by atoms with Crippen LogP contribution in [0.25, 0.3) is 0 Å². The molecule has 13 heteroatoms. The van der Waals surface area contributed by atoms with Crippen LogP contribution in [-0.4, -0.2) is 57.0 Å². The fourth-order valence-corrected chi connectivity index (χ4v) is 3.63. The van der Waals surface area contributed by atoms with Gasteiger partial charge in [0.1, 0.15) is 24.0 Å². The molecule has 25 heavy (non-hydrogen) atoms. The predicted octanol–water partition coefficient (Wildman–Crippen LogP) is -1.51. The largest absolute Gasteiger partial charge is 0.472 e. The van der Waals surface area contributed by atoms with E-state index in [0.29, 0.717) is 4.57 Å². The number of aliphatic hydroxyl groups excluding tert-OH is 1. The molecule has 3 heterocycles. The molecule has 0 amide bonds. The number of esters is 1. The number of aromatic amines is 1. The first kappa shape index (κ1) is 18.0. The minimum Gasteiger partial charge on any atom is -0.461 e. The fourth-order valence-electron chi connectivity index (χ4n) is 2.67. The molecule has 0 spiro atoms. The van der Waals surface area contributed by atoms with Crippen LogP contribution < -0.4 is 11.2 Å². The molecule has 12 nitrogen and oxygen atoms in total. The number of phosphoric acid groups is 1. The minimum absolute atomic E-state index is 0.0101. The highest BCUT2D eigenvalue weighted by molar-refractivity contribution is 7.47. The van der Waals surface area contributed by atoms with Crippen LogP contribution in [0.2, 0.25) is 0 Å². The lowest BCUT2D eigenvalue weighted by Crippen LogP contribution is -2.42. The lowest BCUT2D eigenvalue weighted by molar-refractivity contribution is -0.0693.